The average molecular weight is 295 g/mol. The minimum Gasteiger partial charge on any atom is -0.381 e. The zero-order valence-electron chi connectivity index (χ0n) is 12.0. The lowest BCUT2D eigenvalue weighted by molar-refractivity contribution is -0.0172. The number of sulfonamides is 1. The number of aromatic nitrogens is 1. The average Bonchev–Trinajstić information content (AvgIpc) is 2.30. The van der Waals surface area contributed by atoms with Crippen LogP contribution in [0.15, 0.2) is 18.5 Å². The molecule has 0 unspecified atom stereocenters. The molecule has 1 aromatic heterocycles. The third kappa shape index (κ3) is 2.42. The summed E-state index contributed by atoms with van der Waals surface area (Å²) >= 11 is 0. The summed E-state index contributed by atoms with van der Waals surface area (Å²) in [5.74, 6) is 0.208. The van der Waals surface area contributed by atoms with Gasteiger partial charge in [-0.1, -0.05) is 0 Å². The van der Waals surface area contributed by atoms with Crippen LogP contribution in [0.2, 0.25) is 0 Å². The Kier molecular flexibility index (Phi) is 3.25. The van der Waals surface area contributed by atoms with Gasteiger partial charge < -0.3 is 5.32 Å². The summed E-state index contributed by atoms with van der Waals surface area (Å²) in [6.07, 6.45) is 5.78. The van der Waals surface area contributed by atoms with Gasteiger partial charge in [0.25, 0.3) is 0 Å². The largest absolute Gasteiger partial charge is 0.381 e. The van der Waals surface area contributed by atoms with Crippen LogP contribution >= 0.6 is 0 Å². The van der Waals surface area contributed by atoms with Crippen LogP contribution in [0, 0.1) is 12.3 Å². The first kappa shape index (κ1) is 13.8. The quantitative estimate of drug-likeness (QED) is 0.917. The summed E-state index contributed by atoms with van der Waals surface area (Å²) in [7, 11) is -2.99. The molecule has 3 rings (SSSR count). The molecule has 1 aliphatic carbocycles. The number of nitrogens with zero attached hydrogens (tertiary/aromatic N) is 2. The highest BCUT2D eigenvalue weighted by Gasteiger charge is 2.55. The molecule has 2 fully saturated rings. The van der Waals surface area contributed by atoms with Gasteiger partial charge in [0.2, 0.25) is 10.0 Å². The highest BCUT2D eigenvalue weighted by Crippen LogP contribution is 2.50. The van der Waals surface area contributed by atoms with Gasteiger partial charge in [-0.05, 0) is 38.3 Å². The zero-order valence-corrected chi connectivity index (χ0v) is 12.8. The summed E-state index contributed by atoms with van der Waals surface area (Å²) in [4.78, 5) is 4.17. The van der Waals surface area contributed by atoms with E-state index in [0.717, 1.165) is 24.1 Å². The Bertz CT molecular complexity index is 601. The second kappa shape index (κ2) is 4.70. The predicted molar refractivity (Wildman–Crippen MR) is 79.1 cm³/mol. The van der Waals surface area contributed by atoms with Crippen molar-refractivity contribution >= 4 is 15.7 Å². The van der Waals surface area contributed by atoms with E-state index >= 15 is 0 Å². The molecule has 1 N–H and O–H groups in total. The monoisotopic (exact) mass is 295 g/mol. The first-order chi connectivity index (χ1) is 9.42. The van der Waals surface area contributed by atoms with Gasteiger partial charge in [0.15, 0.2) is 0 Å². The van der Waals surface area contributed by atoms with Crippen LogP contribution in [0.5, 0.6) is 0 Å². The molecule has 0 aromatic carbocycles. The Hall–Kier alpha value is -1.14. The van der Waals surface area contributed by atoms with Gasteiger partial charge in [0.05, 0.1) is 11.4 Å². The van der Waals surface area contributed by atoms with E-state index in [4.69, 9.17) is 0 Å². The van der Waals surface area contributed by atoms with Gasteiger partial charge in [-0.25, -0.2) is 12.7 Å². The number of rotatable bonds is 4. The molecule has 20 heavy (non-hydrogen) atoms. The fourth-order valence-electron chi connectivity index (χ4n) is 3.30. The number of nitrogens with one attached hydrogen (secondary N) is 1. The van der Waals surface area contributed by atoms with Crippen molar-refractivity contribution in [2.75, 3.05) is 24.2 Å². The second-order valence-corrected chi connectivity index (χ2v) is 8.43. The fraction of sp³-hybridized carbons (Fsp3) is 0.643. The van der Waals surface area contributed by atoms with Crippen molar-refractivity contribution in [3.8, 4) is 0 Å². The van der Waals surface area contributed by atoms with Crippen LogP contribution in [0.1, 0.15) is 25.3 Å². The molecule has 6 heteroatoms. The molecular formula is C14H21N3O2S. The number of aryl methyl sites for hydroxylation is 1. The molecule has 0 amide bonds. The van der Waals surface area contributed by atoms with Crippen LogP contribution in [0.4, 0.5) is 5.69 Å². The first-order valence-electron chi connectivity index (χ1n) is 7.08. The van der Waals surface area contributed by atoms with Crippen LogP contribution in [0.3, 0.4) is 0 Å². The van der Waals surface area contributed by atoms with E-state index in [1.54, 1.807) is 11.2 Å². The molecule has 0 radical (unpaired) electrons. The Balaban J connectivity index is 1.51. The Morgan fingerprint density at radius 1 is 1.40 bits per heavy atom. The van der Waals surface area contributed by atoms with Gasteiger partial charge in [-0.15, -0.1) is 0 Å². The molecule has 2 aliphatic rings. The minimum atomic E-state index is -2.99. The van der Waals surface area contributed by atoms with E-state index in [1.165, 1.54) is 0 Å². The summed E-state index contributed by atoms with van der Waals surface area (Å²) in [6, 6.07) is 2.54. The second-order valence-electron chi connectivity index (χ2n) is 6.17. The lowest BCUT2D eigenvalue weighted by Crippen LogP contribution is -2.66. The molecule has 1 saturated carbocycles. The molecule has 0 bridgehead atoms. The summed E-state index contributed by atoms with van der Waals surface area (Å²) in [5, 5.41) is 3.48. The topological polar surface area (TPSA) is 62.3 Å². The number of anilines is 1. The smallest absolute Gasteiger partial charge is 0.213 e. The molecule has 0 atom stereocenters. The van der Waals surface area contributed by atoms with Crippen LogP contribution in [-0.4, -0.2) is 42.6 Å². The molecule has 1 aliphatic heterocycles. The van der Waals surface area contributed by atoms with E-state index in [9.17, 15) is 8.42 Å². The van der Waals surface area contributed by atoms with Crippen LogP contribution in [0.25, 0.3) is 0 Å². The lowest BCUT2D eigenvalue weighted by atomic mass is 9.61. The summed E-state index contributed by atoms with van der Waals surface area (Å²) in [5.41, 5.74) is 2.44. The molecular weight excluding hydrogens is 274 g/mol. The van der Waals surface area contributed by atoms with E-state index in [1.807, 2.05) is 19.3 Å². The molecule has 1 spiro atoms. The third-order valence-electron chi connectivity index (χ3n) is 4.39. The number of hydrogen-bond acceptors (Lipinski definition) is 4. The van der Waals surface area contributed by atoms with Gasteiger partial charge in [0, 0.05) is 36.9 Å². The predicted octanol–water partition coefficient (Wildman–Crippen LogP) is 1.62. The highest BCUT2D eigenvalue weighted by molar-refractivity contribution is 7.89. The minimum absolute atomic E-state index is 0.208. The normalized spacial score (nSPS) is 22.3. The van der Waals surface area contributed by atoms with E-state index < -0.39 is 10.0 Å². The molecule has 5 nitrogen and oxygen atoms in total. The van der Waals surface area contributed by atoms with Gasteiger partial charge in [0.1, 0.15) is 0 Å². The maximum absolute atomic E-state index is 11.7. The fourth-order valence-corrected chi connectivity index (χ4v) is 4.60. The highest BCUT2D eigenvalue weighted by atomic mass is 32.2. The lowest BCUT2D eigenvalue weighted by Gasteiger charge is -2.58. The SMILES string of the molecule is CCS(=O)(=O)N1CC2(CC(Nc3cncc(C)c3)C2)C1. The van der Waals surface area contributed by atoms with Gasteiger partial charge >= 0.3 is 0 Å². The number of pyridine rings is 1. The van der Waals surface area contributed by atoms with Crippen molar-refractivity contribution in [1.82, 2.24) is 9.29 Å². The van der Waals surface area contributed by atoms with E-state index in [0.29, 0.717) is 19.1 Å². The Morgan fingerprint density at radius 3 is 2.70 bits per heavy atom. The van der Waals surface area contributed by atoms with Crippen molar-refractivity contribution < 1.29 is 8.42 Å². The van der Waals surface area contributed by atoms with Crippen molar-refractivity contribution in [3.05, 3.63) is 24.0 Å². The van der Waals surface area contributed by atoms with E-state index in [2.05, 4.69) is 16.4 Å². The van der Waals surface area contributed by atoms with Crippen molar-refractivity contribution in [2.24, 2.45) is 5.41 Å². The third-order valence-corrected chi connectivity index (χ3v) is 6.16. The standard InChI is InChI=1S/C14H21N3O2S/c1-3-20(18,19)17-9-14(10-17)5-13(6-14)16-12-4-11(2)7-15-8-12/h4,7-8,13,16H,3,5-6,9-10H2,1-2H3. The maximum Gasteiger partial charge on any atom is 0.213 e. The first-order valence-corrected chi connectivity index (χ1v) is 8.69. The van der Waals surface area contributed by atoms with Crippen molar-refractivity contribution in [3.63, 3.8) is 0 Å². The summed E-state index contributed by atoms with van der Waals surface area (Å²) in [6.45, 7) is 5.14. The maximum atomic E-state index is 11.7. The van der Waals surface area contributed by atoms with E-state index in [-0.39, 0.29) is 11.2 Å². The molecule has 1 saturated heterocycles. The van der Waals surface area contributed by atoms with Crippen LogP contribution < -0.4 is 5.32 Å². The summed E-state index contributed by atoms with van der Waals surface area (Å²) < 4.78 is 25.1. The van der Waals surface area contributed by atoms with Crippen molar-refractivity contribution in [1.29, 1.82) is 0 Å². The van der Waals surface area contributed by atoms with Gasteiger partial charge in [-0.3, -0.25) is 4.98 Å². The van der Waals surface area contributed by atoms with Crippen molar-refractivity contribution in [2.45, 2.75) is 32.7 Å². The number of hydrogen-bond donors (Lipinski definition) is 1. The zero-order chi connectivity index (χ0) is 14.4. The Morgan fingerprint density at radius 2 is 2.10 bits per heavy atom. The molecule has 1 aromatic rings. The van der Waals surface area contributed by atoms with Crippen LogP contribution in [-0.2, 0) is 10.0 Å². The molecule has 110 valence electrons. The molecule has 2 heterocycles. The van der Waals surface area contributed by atoms with Gasteiger partial charge in [-0.2, -0.15) is 0 Å². The Labute approximate surface area is 120 Å².